The number of alkyl halides is 1. The van der Waals surface area contributed by atoms with E-state index in [2.05, 4.69) is 0 Å². The lowest BCUT2D eigenvalue weighted by atomic mass is 10.0. The first-order valence-corrected chi connectivity index (χ1v) is 6.24. The number of hydrogen-bond acceptors (Lipinski definition) is 2. The summed E-state index contributed by atoms with van der Waals surface area (Å²) in [5.41, 5.74) is 0.770. The Hall–Kier alpha value is -1.55. The molecule has 1 aromatic carbocycles. The fraction of sp³-hybridized carbons (Fsp3) is 0.385. The van der Waals surface area contributed by atoms with Crippen LogP contribution in [0.4, 0.5) is 0 Å². The van der Waals surface area contributed by atoms with Gasteiger partial charge >= 0.3 is 11.9 Å². The minimum atomic E-state index is -1.11. The summed E-state index contributed by atoms with van der Waals surface area (Å²) in [5, 5.41) is 17.8. The van der Waals surface area contributed by atoms with Gasteiger partial charge in [-0.3, -0.25) is 0 Å². The molecule has 0 spiro atoms. The molecule has 0 aliphatic heterocycles. The molecule has 0 aliphatic rings. The lowest BCUT2D eigenvalue weighted by Crippen LogP contribution is -2.04. The van der Waals surface area contributed by atoms with Gasteiger partial charge in [0, 0.05) is 5.88 Å². The highest BCUT2D eigenvalue weighted by molar-refractivity contribution is 6.17. The van der Waals surface area contributed by atoms with Crippen LogP contribution in [0.3, 0.4) is 0 Å². The predicted molar refractivity (Wildman–Crippen MR) is 68.6 cm³/mol. The molecule has 2 N–H and O–H groups in total. The maximum atomic E-state index is 10.9. The first-order chi connectivity index (χ1) is 8.54. The third kappa shape index (κ3) is 4.37. The van der Waals surface area contributed by atoms with Crippen LogP contribution in [-0.4, -0.2) is 28.0 Å². The second-order valence-corrected chi connectivity index (χ2v) is 4.41. The number of hydrogen-bond donors (Lipinski definition) is 2. The van der Waals surface area contributed by atoms with Crippen molar-refractivity contribution in [1.82, 2.24) is 0 Å². The molecule has 0 fully saturated rings. The van der Waals surface area contributed by atoms with Crippen LogP contribution in [0.15, 0.2) is 18.2 Å². The molecule has 18 heavy (non-hydrogen) atoms. The molecular formula is C13H15ClO4. The topological polar surface area (TPSA) is 74.6 Å². The van der Waals surface area contributed by atoms with Crippen molar-refractivity contribution >= 4 is 23.5 Å². The Morgan fingerprint density at radius 2 is 1.50 bits per heavy atom. The first-order valence-electron chi connectivity index (χ1n) is 5.71. The highest BCUT2D eigenvalue weighted by atomic mass is 35.5. The molecule has 0 unspecified atom stereocenters. The Bertz CT molecular complexity index is 410. The molecule has 5 heteroatoms. The van der Waals surface area contributed by atoms with Gasteiger partial charge in [-0.05, 0) is 43.0 Å². The van der Waals surface area contributed by atoms with E-state index in [4.69, 9.17) is 21.8 Å². The molecule has 0 saturated heterocycles. The van der Waals surface area contributed by atoms with E-state index < -0.39 is 11.9 Å². The fourth-order valence-corrected chi connectivity index (χ4v) is 1.87. The van der Waals surface area contributed by atoms with E-state index in [9.17, 15) is 9.59 Å². The van der Waals surface area contributed by atoms with Crippen LogP contribution < -0.4 is 0 Å². The van der Waals surface area contributed by atoms with Crippen molar-refractivity contribution in [3.63, 3.8) is 0 Å². The molecule has 0 saturated carbocycles. The molecule has 0 radical (unpaired) electrons. The number of carboxylic acid groups (broad SMARTS) is 2. The zero-order valence-electron chi connectivity index (χ0n) is 9.86. The predicted octanol–water partition coefficient (Wildman–Crippen LogP) is 3.03. The number of benzene rings is 1. The second-order valence-electron chi connectivity index (χ2n) is 4.03. The molecule has 0 heterocycles. The van der Waals surface area contributed by atoms with E-state index in [-0.39, 0.29) is 11.1 Å². The summed E-state index contributed by atoms with van der Waals surface area (Å²) in [7, 11) is 0. The van der Waals surface area contributed by atoms with Crippen LogP contribution in [0, 0.1) is 0 Å². The number of carbonyl (C=O) groups is 2. The van der Waals surface area contributed by atoms with Gasteiger partial charge in [0.2, 0.25) is 0 Å². The van der Waals surface area contributed by atoms with E-state index in [1.54, 1.807) is 0 Å². The summed E-state index contributed by atoms with van der Waals surface area (Å²) >= 11 is 5.56. The lowest BCUT2D eigenvalue weighted by Gasteiger charge is -2.05. The highest BCUT2D eigenvalue weighted by Gasteiger charge is 2.11. The standard InChI is InChI=1S/C13H15ClO4/c14-5-3-1-2-4-9-6-10(12(15)16)8-11(7-9)13(17)18/h6-8H,1-5H2,(H,15,16)(H,17,18). The molecule has 0 aromatic heterocycles. The van der Waals surface area contributed by atoms with Crippen molar-refractivity contribution in [3.8, 4) is 0 Å². The first kappa shape index (κ1) is 14.5. The number of carboxylic acids is 2. The molecule has 0 aliphatic carbocycles. The monoisotopic (exact) mass is 270 g/mol. The average molecular weight is 271 g/mol. The maximum Gasteiger partial charge on any atom is 0.335 e. The molecule has 0 bridgehead atoms. The van der Waals surface area contributed by atoms with Gasteiger partial charge in [-0.2, -0.15) is 0 Å². The molecule has 4 nitrogen and oxygen atoms in total. The molecule has 1 aromatic rings. The van der Waals surface area contributed by atoms with Crippen molar-refractivity contribution in [3.05, 3.63) is 34.9 Å². The number of rotatable bonds is 7. The zero-order valence-corrected chi connectivity index (χ0v) is 10.6. The Kier molecular flexibility index (Phi) is 5.65. The lowest BCUT2D eigenvalue weighted by molar-refractivity contribution is 0.0696. The van der Waals surface area contributed by atoms with Gasteiger partial charge in [-0.1, -0.05) is 6.42 Å². The Morgan fingerprint density at radius 1 is 0.944 bits per heavy atom. The van der Waals surface area contributed by atoms with Crippen molar-refractivity contribution in [1.29, 1.82) is 0 Å². The van der Waals surface area contributed by atoms with Crippen molar-refractivity contribution in [2.24, 2.45) is 0 Å². The van der Waals surface area contributed by atoms with Gasteiger partial charge in [-0.25, -0.2) is 9.59 Å². The van der Waals surface area contributed by atoms with Crippen LogP contribution in [0.25, 0.3) is 0 Å². The van der Waals surface area contributed by atoms with Crippen LogP contribution in [0.2, 0.25) is 0 Å². The van der Waals surface area contributed by atoms with Crippen molar-refractivity contribution in [2.75, 3.05) is 5.88 Å². The zero-order chi connectivity index (χ0) is 13.5. The molecule has 1 rings (SSSR count). The van der Waals surface area contributed by atoms with Gasteiger partial charge in [-0.15, -0.1) is 11.6 Å². The second kappa shape index (κ2) is 7.01. The number of halogens is 1. The molecule has 0 atom stereocenters. The van der Waals surface area contributed by atoms with Crippen LogP contribution in [-0.2, 0) is 6.42 Å². The van der Waals surface area contributed by atoms with Gasteiger partial charge < -0.3 is 10.2 Å². The van der Waals surface area contributed by atoms with Gasteiger partial charge in [0.1, 0.15) is 0 Å². The minimum Gasteiger partial charge on any atom is -0.478 e. The Morgan fingerprint density at radius 3 is 1.94 bits per heavy atom. The van der Waals surface area contributed by atoms with Gasteiger partial charge in [0.15, 0.2) is 0 Å². The Labute approximate surface area is 110 Å². The molecule has 0 amide bonds. The summed E-state index contributed by atoms with van der Waals surface area (Å²) in [6.45, 7) is 0. The molecule has 98 valence electrons. The molecular weight excluding hydrogens is 256 g/mol. The van der Waals surface area contributed by atoms with E-state index in [0.717, 1.165) is 24.8 Å². The van der Waals surface area contributed by atoms with Gasteiger partial charge in [0.05, 0.1) is 11.1 Å². The summed E-state index contributed by atoms with van der Waals surface area (Å²) in [5.74, 6) is -1.62. The van der Waals surface area contributed by atoms with E-state index in [1.165, 1.54) is 18.2 Å². The van der Waals surface area contributed by atoms with E-state index in [0.29, 0.717) is 12.3 Å². The van der Waals surface area contributed by atoms with Crippen molar-refractivity contribution < 1.29 is 19.8 Å². The SMILES string of the molecule is O=C(O)c1cc(CCCCCCl)cc(C(=O)O)c1. The number of unbranched alkanes of at least 4 members (excludes halogenated alkanes) is 2. The number of aromatic carboxylic acids is 2. The summed E-state index contributed by atoms with van der Waals surface area (Å²) in [4.78, 5) is 21.8. The summed E-state index contributed by atoms with van der Waals surface area (Å²) in [6.07, 6.45) is 3.39. The van der Waals surface area contributed by atoms with Crippen LogP contribution in [0.5, 0.6) is 0 Å². The third-order valence-corrected chi connectivity index (χ3v) is 2.85. The quantitative estimate of drug-likeness (QED) is 0.590. The maximum absolute atomic E-state index is 10.9. The largest absolute Gasteiger partial charge is 0.478 e. The normalized spacial score (nSPS) is 10.3. The average Bonchev–Trinajstić information content (AvgIpc) is 2.34. The minimum absolute atomic E-state index is 0.0160. The van der Waals surface area contributed by atoms with Gasteiger partial charge in [0.25, 0.3) is 0 Å². The fourth-order valence-electron chi connectivity index (χ4n) is 1.68. The smallest absolute Gasteiger partial charge is 0.335 e. The summed E-state index contributed by atoms with van der Waals surface area (Å²) in [6, 6.07) is 4.22. The summed E-state index contributed by atoms with van der Waals surface area (Å²) < 4.78 is 0. The Balaban J connectivity index is 2.83. The number of aryl methyl sites for hydroxylation is 1. The van der Waals surface area contributed by atoms with Crippen LogP contribution in [0.1, 0.15) is 45.5 Å². The van der Waals surface area contributed by atoms with E-state index >= 15 is 0 Å². The third-order valence-electron chi connectivity index (χ3n) is 2.59. The highest BCUT2D eigenvalue weighted by Crippen LogP contribution is 2.14. The van der Waals surface area contributed by atoms with Crippen molar-refractivity contribution in [2.45, 2.75) is 25.7 Å². The van der Waals surface area contributed by atoms with Crippen LogP contribution >= 0.6 is 11.6 Å². The van der Waals surface area contributed by atoms with E-state index in [1.807, 2.05) is 0 Å².